The quantitative estimate of drug-likeness (QED) is 0.767. The molecule has 2 nitrogen and oxygen atoms in total. The van der Waals surface area contributed by atoms with Crippen molar-refractivity contribution in [2.45, 2.75) is 19.4 Å². The fourth-order valence-corrected chi connectivity index (χ4v) is 3.41. The molecule has 4 heteroatoms. The molecule has 1 heterocycles. The van der Waals surface area contributed by atoms with Crippen molar-refractivity contribution < 1.29 is 9.13 Å². The number of halogens is 2. The molecule has 0 saturated carbocycles. The van der Waals surface area contributed by atoms with Crippen molar-refractivity contribution >= 4 is 15.9 Å². The first-order chi connectivity index (χ1) is 9.13. The van der Waals surface area contributed by atoms with E-state index in [-0.39, 0.29) is 5.82 Å². The predicted octanol–water partition coefficient (Wildman–Crippen LogP) is 3.45. The Morgan fingerprint density at radius 3 is 2.47 bits per heavy atom. The lowest BCUT2D eigenvalue weighted by Crippen LogP contribution is -2.41. The highest BCUT2D eigenvalue weighted by Gasteiger charge is 2.32. The number of alkyl halides is 1. The zero-order valence-electron chi connectivity index (χ0n) is 11.4. The van der Waals surface area contributed by atoms with Gasteiger partial charge in [0.05, 0.1) is 0 Å². The molecule has 0 N–H and O–H groups in total. The first-order valence-electron chi connectivity index (χ1n) is 6.70. The van der Waals surface area contributed by atoms with Gasteiger partial charge < -0.3 is 9.64 Å². The van der Waals surface area contributed by atoms with E-state index < -0.39 is 0 Å². The zero-order valence-corrected chi connectivity index (χ0v) is 13.0. The first-order valence-corrected chi connectivity index (χ1v) is 7.82. The molecule has 19 heavy (non-hydrogen) atoms. The lowest BCUT2D eigenvalue weighted by molar-refractivity contribution is 0.0110. The Morgan fingerprint density at radius 1 is 1.26 bits per heavy atom. The minimum Gasteiger partial charge on any atom is -0.381 e. The fourth-order valence-electron chi connectivity index (χ4n) is 2.67. The van der Waals surface area contributed by atoms with Gasteiger partial charge in [-0.3, -0.25) is 0 Å². The molecular weight excluding hydrogens is 309 g/mol. The summed E-state index contributed by atoms with van der Waals surface area (Å²) in [5.74, 6) is -0.173. The second-order valence-electron chi connectivity index (χ2n) is 5.54. The Morgan fingerprint density at radius 2 is 1.89 bits per heavy atom. The van der Waals surface area contributed by atoms with Crippen LogP contribution < -0.4 is 0 Å². The molecule has 1 aliphatic rings. The molecule has 0 atom stereocenters. The molecule has 106 valence electrons. The molecule has 1 aromatic carbocycles. The molecule has 0 radical (unpaired) electrons. The topological polar surface area (TPSA) is 12.5 Å². The van der Waals surface area contributed by atoms with Crippen molar-refractivity contribution in [2.24, 2.45) is 5.41 Å². The van der Waals surface area contributed by atoms with Gasteiger partial charge in [-0.1, -0.05) is 28.1 Å². The van der Waals surface area contributed by atoms with E-state index in [0.29, 0.717) is 5.41 Å². The predicted molar refractivity (Wildman–Crippen MR) is 79.0 cm³/mol. The van der Waals surface area contributed by atoms with E-state index in [1.165, 1.54) is 12.1 Å². The van der Waals surface area contributed by atoms with Crippen LogP contribution in [0.25, 0.3) is 0 Å². The summed E-state index contributed by atoms with van der Waals surface area (Å²) in [4.78, 5) is 2.32. The van der Waals surface area contributed by atoms with Gasteiger partial charge in [0.15, 0.2) is 0 Å². The van der Waals surface area contributed by atoms with Gasteiger partial charge in [-0.15, -0.1) is 0 Å². The number of ether oxygens (including phenoxy) is 1. The monoisotopic (exact) mass is 329 g/mol. The van der Waals surface area contributed by atoms with Gasteiger partial charge in [-0.2, -0.15) is 0 Å². The van der Waals surface area contributed by atoms with Gasteiger partial charge in [-0.25, -0.2) is 4.39 Å². The van der Waals surface area contributed by atoms with E-state index in [9.17, 15) is 4.39 Å². The van der Waals surface area contributed by atoms with Crippen LogP contribution >= 0.6 is 15.9 Å². The lowest BCUT2D eigenvalue weighted by Gasteiger charge is -2.38. The van der Waals surface area contributed by atoms with E-state index in [0.717, 1.165) is 50.0 Å². The van der Waals surface area contributed by atoms with Crippen molar-refractivity contribution in [3.8, 4) is 0 Å². The van der Waals surface area contributed by atoms with Crippen LogP contribution in [0.5, 0.6) is 0 Å². The Hall–Kier alpha value is -0.450. The summed E-state index contributed by atoms with van der Waals surface area (Å²) < 4.78 is 18.3. The Kier molecular flexibility index (Phi) is 5.37. The van der Waals surface area contributed by atoms with Crippen molar-refractivity contribution in [1.82, 2.24) is 4.90 Å². The highest BCUT2D eigenvalue weighted by Crippen LogP contribution is 2.33. The third-order valence-corrected chi connectivity index (χ3v) is 5.00. The number of benzene rings is 1. The summed E-state index contributed by atoms with van der Waals surface area (Å²) >= 11 is 3.66. The molecule has 2 rings (SSSR count). The van der Waals surface area contributed by atoms with Crippen molar-refractivity contribution in [3.05, 3.63) is 35.6 Å². The number of nitrogens with zero attached hydrogens (tertiary/aromatic N) is 1. The van der Waals surface area contributed by atoms with Gasteiger partial charge in [0.1, 0.15) is 5.82 Å². The van der Waals surface area contributed by atoms with Crippen molar-refractivity contribution in [2.75, 3.05) is 32.1 Å². The maximum atomic E-state index is 12.9. The molecule has 1 saturated heterocycles. The highest BCUT2D eigenvalue weighted by atomic mass is 79.9. The van der Waals surface area contributed by atoms with Crippen LogP contribution in [0.15, 0.2) is 24.3 Å². The van der Waals surface area contributed by atoms with Crippen LogP contribution in [0.2, 0.25) is 0 Å². The second kappa shape index (κ2) is 6.82. The molecule has 0 unspecified atom stereocenters. The van der Waals surface area contributed by atoms with Crippen LogP contribution in [0, 0.1) is 11.2 Å². The molecule has 0 aliphatic carbocycles. The molecule has 1 aliphatic heterocycles. The van der Waals surface area contributed by atoms with Crippen LogP contribution in [0.1, 0.15) is 18.4 Å². The van der Waals surface area contributed by atoms with E-state index in [4.69, 9.17) is 4.74 Å². The first kappa shape index (κ1) is 14.9. The van der Waals surface area contributed by atoms with Crippen LogP contribution in [-0.4, -0.2) is 37.0 Å². The summed E-state index contributed by atoms with van der Waals surface area (Å²) in [6.07, 6.45) is 2.21. The summed E-state index contributed by atoms with van der Waals surface area (Å²) in [6, 6.07) is 6.77. The number of hydrogen-bond donors (Lipinski definition) is 0. The number of hydrogen-bond acceptors (Lipinski definition) is 2. The van der Waals surface area contributed by atoms with E-state index >= 15 is 0 Å². The SMILES string of the molecule is CN(Cc1ccc(F)cc1)CC1(CBr)CCOCC1. The van der Waals surface area contributed by atoms with Crippen LogP contribution in [-0.2, 0) is 11.3 Å². The van der Waals surface area contributed by atoms with Crippen molar-refractivity contribution in [3.63, 3.8) is 0 Å². The summed E-state index contributed by atoms with van der Waals surface area (Å²) in [6.45, 7) is 3.61. The molecule has 1 aromatic rings. The molecule has 0 amide bonds. The second-order valence-corrected chi connectivity index (χ2v) is 6.11. The fraction of sp³-hybridized carbons (Fsp3) is 0.600. The van der Waals surface area contributed by atoms with E-state index in [1.54, 1.807) is 0 Å². The number of rotatable bonds is 5. The lowest BCUT2D eigenvalue weighted by atomic mass is 9.82. The van der Waals surface area contributed by atoms with Gasteiger partial charge in [0.2, 0.25) is 0 Å². The Balaban J connectivity index is 1.92. The highest BCUT2D eigenvalue weighted by molar-refractivity contribution is 9.09. The van der Waals surface area contributed by atoms with Gasteiger partial charge >= 0.3 is 0 Å². The molecule has 0 bridgehead atoms. The average Bonchev–Trinajstić information content (AvgIpc) is 2.42. The largest absolute Gasteiger partial charge is 0.381 e. The smallest absolute Gasteiger partial charge is 0.123 e. The van der Waals surface area contributed by atoms with Crippen LogP contribution in [0.4, 0.5) is 4.39 Å². The van der Waals surface area contributed by atoms with E-state index in [1.807, 2.05) is 12.1 Å². The molecular formula is C15H21BrFNO. The molecule has 0 aromatic heterocycles. The molecule has 1 fully saturated rings. The third kappa shape index (κ3) is 4.26. The van der Waals surface area contributed by atoms with E-state index in [2.05, 4.69) is 27.9 Å². The Bertz CT molecular complexity index is 390. The summed E-state index contributed by atoms with van der Waals surface area (Å²) in [5.41, 5.74) is 1.47. The van der Waals surface area contributed by atoms with Crippen LogP contribution in [0.3, 0.4) is 0 Å². The average molecular weight is 330 g/mol. The summed E-state index contributed by atoms with van der Waals surface area (Å²) in [5, 5.41) is 1.01. The third-order valence-electron chi connectivity index (χ3n) is 3.81. The minimum absolute atomic E-state index is 0.173. The van der Waals surface area contributed by atoms with Gasteiger partial charge in [0, 0.05) is 31.6 Å². The molecule has 0 spiro atoms. The Labute approximate surface area is 123 Å². The maximum absolute atomic E-state index is 12.9. The zero-order chi connectivity index (χ0) is 13.7. The standard InChI is InChI=1S/C15H21BrFNO/c1-18(10-13-2-4-14(17)5-3-13)12-15(11-16)6-8-19-9-7-15/h2-5H,6-12H2,1H3. The normalized spacial score (nSPS) is 18.7. The van der Waals surface area contributed by atoms with Gasteiger partial charge in [-0.05, 0) is 43.0 Å². The maximum Gasteiger partial charge on any atom is 0.123 e. The minimum atomic E-state index is -0.173. The summed E-state index contributed by atoms with van der Waals surface area (Å²) in [7, 11) is 2.13. The van der Waals surface area contributed by atoms with Gasteiger partial charge in [0.25, 0.3) is 0 Å². The van der Waals surface area contributed by atoms with Crippen molar-refractivity contribution in [1.29, 1.82) is 0 Å².